The first-order valence-electron chi connectivity index (χ1n) is 9.05. The molecule has 4 nitrogen and oxygen atoms in total. The molecule has 2 aromatic carbocycles. The van der Waals surface area contributed by atoms with E-state index in [-0.39, 0.29) is 18.0 Å². The Morgan fingerprint density at radius 2 is 1.85 bits per heavy atom. The molecule has 1 aromatic heterocycles. The number of rotatable bonds is 7. The van der Waals surface area contributed by atoms with Crippen molar-refractivity contribution in [3.8, 4) is 0 Å². The molecule has 0 bridgehead atoms. The highest BCUT2D eigenvalue weighted by Gasteiger charge is 2.06. The van der Waals surface area contributed by atoms with E-state index in [0.29, 0.717) is 12.0 Å². The minimum absolute atomic E-state index is 0.0122. The second-order valence-corrected chi connectivity index (χ2v) is 6.68. The topological polar surface area (TPSA) is 62.0 Å². The Labute approximate surface area is 153 Å². The third kappa shape index (κ3) is 4.82. The first-order chi connectivity index (χ1) is 12.6. The van der Waals surface area contributed by atoms with Gasteiger partial charge in [-0.05, 0) is 55.3 Å². The van der Waals surface area contributed by atoms with E-state index >= 15 is 0 Å². The molecule has 0 fully saturated rings. The number of aromatic nitrogens is 1. The lowest BCUT2D eigenvalue weighted by Crippen LogP contribution is -2.26. The van der Waals surface area contributed by atoms with Crippen molar-refractivity contribution in [2.75, 3.05) is 0 Å². The summed E-state index contributed by atoms with van der Waals surface area (Å²) in [7, 11) is 0. The maximum Gasteiger partial charge on any atom is 0.253 e. The normalized spacial score (nSPS) is 10.8. The number of hydrogen-bond donors (Lipinski definition) is 2. The molecular weight excluding hydrogens is 324 g/mol. The van der Waals surface area contributed by atoms with Crippen LogP contribution in [0.4, 0.5) is 0 Å². The first-order valence-corrected chi connectivity index (χ1v) is 9.05. The quantitative estimate of drug-likeness (QED) is 0.637. The Morgan fingerprint density at radius 1 is 1.04 bits per heavy atom. The van der Waals surface area contributed by atoms with Crippen LogP contribution < -0.4 is 10.9 Å². The van der Waals surface area contributed by atoms with E-state index in [0.717, 1.165) is 35.7 Å². The zero-order valence-corrected chi connectivity index (χ0v) is 15.0. The lowest BCUT2D eigenvalue weighted by Gasteiger charge is -2.07. The van der Waals surface area contributed by atoms with Gasteiger partial charge < -0.3 is 10.3 Å². The molecule has 0 aliphatic carbocycles. The summed E-state index contributed by atoms with van der Waals surface area (Å²) in [5, 5.41) is 3.84. The Balaban J connectivity index is 1.49. The summed E-state index contributed by atoms with van der Waals surface area (Å²) in [5.41, 5.74) is 3.69. The first kappa shape index (κ1) is 17.9. The number of carbonyl (C=O) groups excluding carboxylic acids is 1. The van der Waals surface area contributed by atoms with E-state index in [1.54, 1.807) is 0 Å². The third-order valence-corrected chi connectivity index (χ3v) is 4.51. The zero-order valence-electron chi connectivity index (χ0n) is 15.0. The van der Waals surface area contributed by atoms with E-state index in [4.69, 9.17) is 0 Å². The van der Waals surface area contributed by atoms with Gasteiger partial charge >= 0.3 is 0 Å². The minimum Gasteiger partial charge on any atom is -0.352 e. The van der Waals surface area contributed by atoms with Crippen molar-refractivity contribution in [1.82, 2.24) is 10.3 Å². The van der Waals surface area contributed by atoms with Crippen LogP contribution in [0.3, 0.4) is 0 Å². The number of aromatic amines is 1. The lowest BCUT2D eigenvalue weighted by molar-refractivity contribution is -0.121. The number of unbranched alkanes of at least 4 members (excludes halogenated alkanes) is 1. The molecule has 0 aliphatic heterocycles. The third-order valence-electron chi connectivity index (χ3n) is 4.51. The molecule has 0 radical (unpaired) electrons. The molecule has 0 atom stereocenters. The molecule has 1 heterocycles. The van der Waals surface area contributed by atoms with Crippen LogP contribution >= 0.6 is 0 Å². The van der Waals surface area contributed by atoms with Gasteiger partial charge in [0.1, 0.15) is 0 Å². The second kappa shape index (κ2) is 8.48. The van der Waals surface area contributed by atoms with Crippen molar-refractivity contribution < 1.29 is 4.79 Å². The van der Waals surface area contributed by atoms with Crippen molar-refractivity contribution in [1.29, 1.82) is 0 Å². The maximum atomic E-state index is 12.1. The fraction of sp³-hybridized carbons (Fsp3) is 0.273. The van der Waals surface area contributed by atoms with Crippen LogP contribution in [0.15, 0.2) is 59.4 Å². The van der Waals surface area contributed by atoms with Crippen molar-refractivity contribution >= 4 is 16.8 Å². The summed E-state index contributed by atoms with van der Waals surface area (Å²) in [4.78, 5) is 27.0. The van der Waals surface area contributed by atoms with E-state index in [1.165, 1.54) is 5.56 Å². The van der Waals surface area contributed by atoms with Crippen molar-refractivity contribution in [3.63, 3.8) is 0 Å². The molecule has 0 aliphatic rings. The summed E-state index contributed by atoms with van der Waals surface area (Å²) in [6, 6.07) is 18.0. The molecule has 0 saturated heterocycles. The van der Waals surface area contributed by atoms with Crippen molar-refractivity contribution in [3.05, 3.63) is 81.6 Å². The van der Waals surface area contributed by atoms with E-state index in [2.05, 4.69) is 22.4 Å². The van der Waals surface area contributed by atoms with Gasteiger partial charge in [0, 0.05) is 24.0 Å². The van der Waals surface area contributed by atoms with Crippen LogP contribution in [0.25, 0.3) is 10.9 Å². The monoisotopic (exact) mass is 348 g/mol. The van der Waals surface area contributed by atoms with E-state index in [9.17, 15) is 9.59 Å². The number of fused-ring (bicyclic) bond motifs is 1. The van der Waals surface area contributed by atoms with Gasteiger partial charge in [0.25, 0.3) is 5.56 Å². The van der Waals surface area contributed by atoms with Crippen LogP contribution in [0.5, 0.6) is 0 Å². The molecule has 0 spiro atoms. The van der Waals surface area contributed by atoms with Gasteiger partial charge in [0.15, 0.2) is 0 Å². The van der Waals surface area contributed by atoms with Crippen LogP contribution in [0.2, 0.25) is 0 Å². The number of benzene rings is 2. The van der Waals surface area contributed by atoms with Gasteiger partial charge in [0.05, 0.1) is 0 Å². The fourth-order valence-corrected chi connectivity index (χ4v) is 3.04. The van der Waals surface area contributed by atoms with Crippen LogP contribution in [-0.4, -0.2) is 10.9 Å². The molecule has 26 heavy (non-hydrogen) atoms. The summed E-state index contributed by atoms with van der Waals surface area (Å²) in [6.45, 7) is 2.28. The Kier molecular flexibility index (Phi) is 5.84. The SMILES string of the molecule is Cc1ccc2[nH]c(=O)c(CNC(=O)CCCCc3ccccc3)cc2c1. The Hall–Kier alpha value is -2.88. The highest BCUT2D eigenvalue weighted by atomic mass is 16.1. The van der Waals surface area contributed by atoms with Crippen molar-refractivity contribution in [2.24, 2.45) is 0 Å². The van der Waals surface area contributed by atoms with Crippen LogP contribution in [0, 0.1) is 6.92 Å². The Morgan fingerprint density at radius 3 is 2.65 bits per heavy atom. The lowest BCUT2D eigenvalue weighted by atomic mass is 10.1. The fourth-order valence-electron chi connectivity index (χ4n) is 3.04. The van der Waals surface area contributed by atoms with Gasteiger partial charge in [-0.2, -0.15) is 0 Å². The summed E-state index contributed by atoms with van der Waals surface area (Å²) < 4.78 is 0. The predicted molar refractivity (Wildman–Crippen MR) is 105 cm³/mol. The zero-order chi connectivity index (χ0) is 18.4. The predicted octanol–water partition coefficient (Wildman–Crippen LogP) is 3.87. The molecule has 134 valence electrons. The van der Waals surface area contributed by atoms with E-state index < -0.39 is 0 Å². The molecular formula is C22H24N2O2. The standard InChI is InChI=1S/C22H24N2O2/c1-16-11-12-20-18(13-16)14-19(22(26)24-20)15-23-21(25)10-6-5-9-17-7-3-2-4-8-17/h2-4,7-8,11-14H,5-6,9-10,15H2,1H3,(H,23,25)(H,24,26). The summed E-state index contributed by atoms with van der Waals surface area (Å²) in [5.74, 6) is -0.0122. The number of amides is 1. The van der Waals surface area contributed by atoms with Gasteiger partial charge in [-0.15, -0.1) is 0 Å². The van der Waals surface area contributed by atoms with Gasteiger partial charge in [-0.1, -0.05) is 42.0 Å². The maximum absolute atomic E-state index is 12.1. The number of aryl methyl sites for hydroxylation is 2. The Bertz CT molecular complexity index is 945. The highest BCUT2D eigenvalue weighted by Crippen LogP contribution is 2.13. The highest BCUT2D eigenvalue weighted by molar-refractivity contribution is 5.80. The smallest absolute Gasteiger partial charge is 0.253 e. The van der Waals surface area contributed by atoms with Crippen LogP contribution in [0.1, 0.15) is 36.0 Å². The molecule has 2 N–H and O–H groups in total. The largest absolute Gasteiger partial charge is 0.352 e. The molecule has 1 amide bonds. The summed E-state index contributed by atoms with van der Waals surface area (Å²) in [6.07, 6.45) is 3.29. The average Bonchev–Trinajstić information content (AvgIpc) is 2.65. The number of carbonyl (C=O) groups is 1. The molecule has 4 heteroatoms. The molecule has 0 unspecified atom stereocenters. The number of H-pyrrole nitrogens is 1. The minimum atomic E-state index is -0.147. The number of pyridine rings is 1. The number of hydrogen-bond acceptors (Lipinski definition) is 2. The van der Waals surface area contributed by atoms with Gasteiger partial charge in [0.2, 0.25) is 5.91 Å². The summed E-state index contributed by atoms with van der Waals surface area (Å²) >= 11 is 0. The van der Waals surface area contributed by atoms with Gasteiger partial charge in [-0.25, -0.2) is 0 Å². The molecule has 3 aromatic rings. The van der Waals surface area contributed by atoms with Crippen molar-refractivity contribution in [2.45, 2.75) is 39.2 Å². The second-order valence-electron chi connectivity index (χ2n) is 6.68. The van der Waals surface area contributed by atoms with E-state index in [1.807, 2.05) is 49.4 Å². The molecule has 3 rings (SSSR count). The van der Waals surface area contributed by atoms with Gasteiger partial charge in [-0.3, -0.25) is 9.59 Å². The van der Waals surface area contributed by atoms with Crippen LogP contribution in [-0.2, 0) is 17.8 Å². The number of nitrogens with one attached hydrogen (secondary N) is 2. The molecule has 0 saturated carbocycles. The average molecular weight is 348 g/mol.